The van der Waals surface area contributed by atoms with Crippen LogP contribution in [0.2, 0.25) is 0 Å². The summed E-state index contributed by atoms with van der Waals surface area (Å²) in [6, 6.07) is 21.4. The maximum Gasteiger partial charge on any atom is 0.267 e. The maximum atomic E-state index is 13.9. The number of nitrogens with zero attached hydrogens (tertiary/aromatic N) is 1. The molecule has 6 nitrogen and oxygen atoms in total. The molecule has 0 saturated heterocycles. The van der Waals surface area contributed by atoms with E-state index < -0.39 is 0 Å². The van der Waals surface area contributed by atoms with Crippen molar-refractivity contribution in [3.63, 3.8) is 0 Å². The van der Waals surface area contributed by atoms with Gasteiger partial charge in [-0.2, -0.15) is 0 Å². The van der Waals surface area contributed by atoms with Crippen LogP contribution in [0.25, 0.3) is 21.3 Å². The lowest BCUT2D eigenvalue weighted by molar-refractivity contribution is 0.102. The number of carbonyl (C=O) groups excluding carboxylic acids is 2. The molecule has 0 unspecified atom stereocenters. The zero-order valence-electron chi connectivity index (χ0n) is 23.6. The molecule has 2 amide bonds. The van der Waals surface area contributed by atoms with E-state index >= 15 is 0 Å². The summed E-state index contributed by atoms with van der Waals surface area (Å²) < 4.78 is 0.909. The molecule has 41 heavy (non-hydrogen) atoms. The van der Waals surface area contributed by atoms with E-state index in [2.05, 4.69) is 40.4 Å². The Labute approximate surface area is 252 Å². The van der Waals surface area contributed by atoms with E-state index in [1.807, 2.05) is 87.5 Å². The van der Waals surface area contributed by atoms with Gasteiger partial charge >= 0.3 is 0 Å². The topological polar surface area (TPSA) is 97.1 Å². The second-order valence-electron chi connectivity index (χ2n) is 10.5. The van der Waals surface area contributed by atoms with Gasteiger partial charge in [0, 0.05) is 26.8 Å². The number of nitrogens with two attached hydrogens (primary N) is 1. The summed E-state index contributed by atoms with van der Waals surface area (Å²) >= 11 is 4.73. The van der Waals surface area contributed by atoms with Gasteiger partial charge in [-0.15, -0.1) is 11.3 Å². The molecular weight excluding hydrogens is 596 g/mol. The molecule has 3 aromatic carbocycles. The summed E-state index contributed by atoms with van der Waals surface area (Å²) in [6.07, 6.45) is 0. The molecule has 0 aliphatic rings. The van der Waals surface area contributed by atoms with Crippen LogP contribution >= 0.6 is 27.3 Å². The van der Waals surface area contributed by atoms with Crippen molar-refractivity contribution < 1.29 is 9.59 Å². The van der Waals surface area contributed by atoms with Crippen molar-refractivity contribution >= 4 is 66.4 Å². The number of fused-ring (bicyclic) bond motifs is 1. The number of aryl methyl sites for hydroxylation is 3. The number of hydrogen-bond donors (Lipinski definition) is 3. The fourth-order valence-corrected chi connectivity index (χ4v) is 6.21. The Morgan fingerprint density at radius 2 is 1.59 bits per heavy atom. The maximum absolute atomic E-state index is 13.9. The van der Waals surface area contributed by atoms with Crippen LogP contribution < -0.4 is 16.4 Å². The van der Waals surface area contributed by atoms with Gasteiger partial charge in [-0.1, -0.05) is 71.7 Å². The van der Waals surface area contributed by atoms with Gasteiger partial charge < -0.3 is 16.4 Å². The van der Waals surface area contributed by atoms with Crippen molar-refractivity contribution in [2.75, 3.05) is 16.4 Å². The molecule has 5 rings (SSSR count). The van der Waals surface area contributed by atoms with E-state index in [-0.39, 0.29) is 11.8 Å². The van der Waals surface area contributed by atoms with E-state index in [0.717, 1.165) is 26.9 Å². The van der Waals surface area contributed by atoms with Crippen molar-refractivity contribution in [2.45, 2.75) is 40.5 Å². The minimum absolute atomic E-state index is 0.288. The molecule has 0 atom stereocenters. The van der Waals surface area contributed by atoms with Crippen LogP contribution in [0, 0.1) is 20.8 Å². The second kappa shape index (κ2) is 11.5. The van der Waals surface area contributed by atoms with Crippen LogP contribution in [0.1, 0.15) is 62.2 Å². The molecule has 4 N–H and O–H groups in total. The Balaban J connectivity index is 1.62. The minimum atomic E-state index is -0.316. The lowest BCUT2D eigenvalue weighted by atomic mass is 9.94. The number of hydrogen-bond acceptors (Lipinski definition) is 5. The van der Waals surface area contributed by atoms with Gasteiger partial charge in [0.25, 0.3) is 11.8 Å². The third kappa shape index (κ3) is 5.76. The summed E-state index contributed by atoms with van der Waals surface area (Å²) in [5.41, 5.74) is 14.1. The van der Waals surface area contributed by atoms with Crippen molar-refractivity contribution in [1.29, 1.82) is 0 Å². The van der Waals surface area contributed by atoms with Crippen LogP contribution in [0.4, 0.5) is 17.1 Å². The SMILES string of the molecule is Cc1ccc(NC(=O)c2c(C)nc3sc(C(=O)Nc4ccc(C(C)C)cc4)c(N)c3c2-c2ccc(Br)cc2)c(C)c1. The molecule has 0 bridgehead atoms. The number of amides is 2. The predicted octanol–water partition coefficient (Wildman–Crippen LogP) is 8.86. The minimum Gasteiger partial charge on any atom is -0.397 e. The van der Waals surface area contributed by atoms with Crippen LogP contribution in [0.3, 0.4) is 0 Å². The number of nitrogens with one attached hydrogen (secondary N) is 2. The number of halogens is 1. The lowest BCUT2D eigenvalue weighted by Crippen LogP contribution is -2.17. The molecule has 0 aliphatic carbocycles. The first kappa shape index (κ1) is 28.5. The number of anilines is 3. The van der Waals surface area contributed by atoms with Crippen molar-refractivity contribution in [3.8, 4) is 11.1 Å². The molecule has 0 spiro atoms. The molecule has 2 heterocycles. The first-order chi connectivity index (χ1) is 19.5. The van der Waals surface area contributed by atoms with Crippen LogP contribution in [-0.4, -0.2) is 16.8 Å². The molecule has 5 aromatic rings. The average molecular weight is 628 g/mol. The van der Waals surface area contributed by atoms with Gasteiger partial charge in [0.15, 0.2) is 0 Å². The monoisotopic (exact) mass is 626 g/mol. The van der Waals surface area contributed by atoms with Gasteiger partial charge in [-0.25, -0.2) is 4.98 Å². The van der Waals surface area contributed by atoms with Crippen molar-refractivity contribution in [2.24, 2.45) is 0 Å². The number of pyridine rings is 1. The Hall–Kier alpha value is -4.01. The third-order valence-corrected chi connectivity index (χ3v) is 8.72. The van der Waals surface area contributed by atoms with Gasteiger partial charge in [0.1, 0.15) is 9.71 Å². The molecule has 0 aliphatic heterocycles. The van der Waals surface area contributed by atoms with E-state index in [9.17, 15) is 9.59 Å². The number of nitrogen functional groups attached to an aromatic ring is 1. The van der Waals surface area contributed by atoms with E-state index in [0.29, 0.717) is 49.2 Å². The Morgan fingerprint density at radius 1 is 0.902 bits per heavy atom. The highest BCUT2D eigenvalue weighted by Crippen LogP contribution is 2.43. The molecule has 0 radical (unpaired) electrons. The Bertz CT molecular complexity index is 1790. The summed E-state index contributed by atoms with van der Waals surface area (Å²) in [7, 11) is 0. The normalized spacial score (nSPS) is 11.2. The summed E-state index contributed by atoms with van der Waals surface area (Å²) in [6.45, 7) is 10.0. The van der Waals surface area contributed by atoms with Gasteiger partial charge in [0.05, 0.1) is 16.9 Å². The lowest BCUT2D eigenvalue weighted by Gasteiger charge is -2.16. The number of carbonyl (C=O) groups is 2. The first-order valence-electron chi connectivity index (χ1n) is 13.3. The predicted molar refractivity (Wildman–Crippen MR) is 174 cm³/mol. The van der Waals surface area contributed by atoms with Crippen molar-refractivity contribution in [1.82, 2.24) is 4.98 Å². The smallest absolute Gasteiger partial charge is 0.267 e. The second-order valence-corrected chi connectivity index (χ2v) is 12.4. The van der Waals surface area contributed by atoms with Crippen LogP contribution in [-0.2, 0) is 0 Å². The summed E-state index contributed by atoms with van der Waals surface area (Å²) in [5, 5.41) is 6.63. The largest absolute Gasteiger partial charge is 0.397 e. The first-order valence-corrected chi connectivity index (χ1v) is 14.9. The summed E-state index contributed by atoms with van der Waals surface area (Å²) in [5.74, 6) is -0.210. The fraction of sp³-hybridized carbons (Fsp3) is 0.182. The van der Waals surface area contributed by atoms with Crippen molar-refractivity contribution in [3.05, 3.63) is 104 Å². The number of rotatable bonds is 6. The highest BCUT2D eigenvalue weighted by Gasteiger charge is 2.27. The summed E-state index contributed by atoms with van der Waals surface area (Å²) in [4.78, 5) is 33.0. The van der Waals surface area contributed by atoms with Gasteiger partial charge in [-0.3, -0.25) is 9.59 Å². The zero-order valence-corrected chi connectivity index (χ0v) is 26.0. The molecule has 208 valence electrons. The number of benzene rings is 3. The standard InChI is InChI=1S/C33H31BrN4O2S/c1-17(2)21-9-13-24(14-10-21)37-32(40)30-29(35)28-27(22-7-11-23(34)12-8-22)26(20(5)36-33(28)41-30)31(39)38-25-15-6-18(3)16-19(25)4/h6-17H,35H2,1-5H3,(H,37,40)(H,38,39). The van der Waals surface area contributed by atoms with Gasteiger partial charge in [-0.05, 0) is 73.7 Å². The number of thiophene rings is 1. The van der Waals surface area contributed by atoms with E-state index in [1.54, 1.807) is 0 Å². The molecule has 8 heteroatoms. The number of aromatic nitrogens is 1. The Morgan fingerprint density at radius 3 is 2.22 bits per heavy atom. The zero-order chi connectivity index (χ0) is 29.4. The Kier molecular flexibility index (Phi) is 7.98. The third-order valence-electron chi connectivity index (χ3n) is 7.09. The van der Waals surface area contributed by atoms with Crippen LogP contribution in [0.5, 0.6) is 0 Å². The molecule has 0 saturated carbocycles. The van der Waals surface area contributed by atoms with E-state index in [1.165, 1.54) is 16.9 Å². The van der Waals surface area contributed by atoms with Crippen LogP contribution in [0.15, 0.2) is 71.2 Å². The fourth-order valence-electron chi connectivity index (χ4n) is 4.90. The molecular formula is C33H31BrN4O2S. The highest BCUT2D eigenvalue weighted by molar-refractivity contribution is 9.10. The van der Waals surface area contributed by atoms with E-state index in [4.69, 9.17) is 10.7 Å². The quantitative estimate of drug-likeness (QED) is 0.175. The highest BCUT2D eigenvalue weighted by atomic mass is 79.9. The van der Waals surface area contributed by atoms with Gasteiger partial charge in [0.2, 0.25) is 0 Å². The molecule has 0 fully saturated rings. The molecule has 2 aromatic heterocycles. The average Bonchev–Trinajstić information content (AvgIpc) is 3.26.